The molecule has 1 atom stereocenters. The molecule has 1 aromatic rings. The number of rotatable bonds is 2. The first kappa shape index (κ1) is 11.2. The second-order valence-electron chi connectivity index (χ2n) is 3.36. The van der Waals surface area contributed by atoms with Gasteiger partial charge in [0.25, 0.3) is 0 Å². The molecule has 0 saturated carbocycles. The molecule has 0 aliphatic carbocycles. The fraction of sp³-hybridized carbons (Fsp3) is 0.333. The van der Waals surface area contributed by atoms with Crippen LogP contribution < -0.4 is 5.73 Å². The zero-order valence-electron chi connectivity index (χ0n) is 7.59. The van der Waals surface area contributed by atoms with Crippen LogP contribution in [-0.4, -0.2) is 16.8 Å². The molecule has 0 spiro atoms. The highest BCUT2D eigenvalue weighted by atomic mass is 35.5. The van der Waals surface area contributed by atoms with Gasteiger partial charge >= 0.3 is 0 Å². The van der Waals surface area contributed by atoms with Gasteiger partial charge in [-0.1, -0.05) is 11.6 Å². The topological polar surface area (TPSA) is 66.5 Å². The number of aliphatic hydroxyl groups excluding tert-OH is 1. The second-order valence-corrected chi connectivity index (χ2v) is 3.77. The summed E-state index contributed by atoms with van der Waals surface area (Å²) in [6.45, 7) is 1.14. The Kier molecular flexibility index (Phi) is 2.99. The monoisotopic (exact) mass is 219 g/mol. The summed E-state index contributed by atoms with van der Waals surface area (Å²) in [5.41, 5.74) is 4.74. The smallest absolute Gasteiger partial charge is 0.145 e. The highest BCUT2D eigenvalue weighted by molar-refractivity contribution is 6.30. The molecule has 0 bridgehead atoms. The van der Waals surface area contributed by atoms with E-state index >= 15 is 0 Å². The van der Waals surface area contributed by atoms with Crippen LogP contribution in [0.25, 0.3) is 0 Å². The lowest BCUT2D eigenvalue weighted by molar-refractivity contribution is 0.206. The molecule has 3 nitrogen and oxygen atoms in total. The molecule has 0 fully saturated rings. The summed E-state index contributed by atoms with van der Waals surface area (Å²) in [5, 5.41) is 18.2. The van der Waals surface area contributed by atoms with Crippen LogP contribution in [-0.2, 0) is 5.54 Å². The number of aliphatic hydroxyl groups is 1. The predicted octanol–water partition coefficient (Wildman–Crippen LogP) is 1.35. The Labute approximate surface area is 85.9 Å². The van der Waals surface area contributed by atoms with Crippen LogP contribution in [0.1, 0.15) is 12.5 Å². The minimum Gasteiger partial charge on any atom is -0.507 e. The summed E-state index contributed by atoms with van der Waals surface area (Å²) < 4.78 is 12.9. The maximum absolute atomic E-state index is 12.9. The van der Waals surface area contributed by atoms with Crippen LogP contribution in [0.5, 0.6) is 5.75 Å². The van der Waals surface area contributed by atoms with Crippen molar-refractivity contribution < 1.29 is 14.6 Å². The third-order valence-corrected chi connectivity index (χ3v) is 2.27. The van der Waals surface area contributed by atoms with E-state index in [1.165, 1.54) is 13.0 Å². The van der Waals surface area contributed by atoms with Gasteiger partial charge in [-0.25, -0.2) is 4.39 Å². The molecule has 78 valence electrons. The van der Waals surface area contributed by atoms with Gasteiger partial charge in [-0.3, -0.25) is 0 Å². The molecule has 1 rings (SSSR count). The fourth-order valence-electron chi connectivity index (χ4n) is 1.08. The fourth-order valence-corrected chi connectivity index (χ4v) is 1.24. The van der Waals surface area contributed by atoms with E-state index < -0.39 is 11.4 Å². The molecule has 14 heavy (non-hydrogen) atoms. The van der Waals surface area contributed by atoms with Crippen molar-refractivity contribution in [3.05, 3.63) is 28.5 Å². The molecule has 0 aromatic heterocycles. The minimum atomic E-state index is -1.14. The summed E-state index contributed by atoms with van der Waals surface area (Å²) in [5.74, 6) is -1.03. The molecule has 0 radical (unpaired) electrons. The van der Waals surface area contributed by atoms with Gasteiger partial charge in [-0.15, -0.1) is 0 Å². The number of halogens is 2. The number of phenolic OH excluding ortho intramolecular Hbond substituents is 1. The normalized spacial score (nSPS) is 15.2. The average Bonchev–Trinajstić information content (AvgIpc) is 2.11. The number of benzene rings is 1. The van der Waals surface area contributed by atoms with Crippen molar-refractivity contribution in [2.75, 3.05) is 6.61 Å². The van der Waals surface area contributed by atoms with E-state index in [9.17, 15) is 9.50 Å². The minimum absolute atomic E-state index is 0.136. The van der Waals surface area contributed by atoms with E-state index in [1.807, 2.05) is 0 Å². The molecule has 0 saturated heterocycles. The van der Waals surface area contributed by atoms with E-state index in [4.69, 9.17) is 22.4 Å². The zero-order valence-corrected chi connectivity index (χ0v) is 8.35. The number of hydrogen-bond acceptors (Lipinski definition) is 3. The largest absolute Gasteiger partial charge is 0.507 e. The SMILES string of the molecule is C[C@@](N)(CO)c1cc(Cl)c(F)cc1O. The first-order valence-corrected chi connectivity index (χ1v) is 4.34. The Morgan fingerprint density at radius 1 is 1.57 bits per heavy atom. The summed E-state index contributed by atoms with van der Waals surface area (Å²) in [7, 11) is 0. The Hall–Kier alpha value is -0.840. The zero-order chi connectivity index (χ0) is 10.9. The molecule has 1 aromatic carbocycles. The van der Waals surface area contributed by atoms with Crippen molar-refractivity contribution in [1.29, 1.82) is 0 Å². The highest BCUT2D eigenvalue weighted by Gasteiger charge is 2.24. The van der Waals surface area contributed by atoms with Gasteiger partial charge in [0.1, 0.15) is 11.6 Å². The van der Waals surface area contributed by atoms with Gasteiger partial charge in [-0.05, 0) is 13.0 Å². The van der Waals surface area contributed by atoms with Crippen LogP contribution in [0, 0.1) is 5.82 Å². The third-order valence-electron chi connectivity index (χ3n) is 1.98. The van der Waals surface area contributed by atoms with Crippen LogP contribution in [0.3, 0.4) is 0 Å². The number of phenols is 1. The average molecular weight is 220 g/mol. The first-order chi connectivity index (χ1) is 6.38. The van der Waals surface area contributed by atoms with Gasteiger partial charge in [0.05, 0.1) is 17.2 Å². The van der Waals surface area contributed by atoms with Crippen molar-refractivity contribution >= 4 is 11.6 Å². The molecular formula is C9H11ClFNO2. The molecule has 0 aliphatic rings. The van der Waals surface area contributed by atoms with Crippen molar-refractivity contribution in [3.63, 3.8) is 0 Å². The van der Waals surface area contributed by atoms with Gasteiger partial charge in [0.2, 0.25) is 0 Å². The molecule has 4 N–H and O–H groups in total. The number of nitrogens with two attached hydrogens (primary N) is 1. The van der Waals surface area contributed by atoms with Crippen LogP contribution in [0.4, 0.5) is 4.39 Å². The third kappa shape index (κ3) is 1.97. The Balaban J connectivity index is 3.29. The van der Waals surface area contributed by atoms with E-state index in [0.29, 0.717) is 0 Å². The summed E-state index contributed by atoms with van der Waals surface area (Å²) in [6, 6.07) is 2.08. The van der Waals surface area contributed by atoms with Crippen LogP contribution >= 0.6 is 11.6 Å². The van der Waals surface area contributed by atoms with E-state index in [-0.39, 0.29) is 22.9 Å². The standard InChI is InChI=1S/C9H11ClFNO2/c1-9(12,4-13)5-2-6(10)7(11)3-8(5)14/h2-3,13-14H,4,12H2,1H3/t9-/m1/s1. The van der Waals surface area contributed by atoms with Crippen molar-refractivity contribution in [2.45, 2.75) is 12.5 Å². The lowest BCUT2D eigenvalue weighted by Crippen LogP contribution is -2.37. The maximum atomic E-state index is 12.9. The summed E-state index contributed by atoms with van der Waals surface area (Å²) >= 11 is 5.53. The molecule has 0 amide bonds. The van der Waals surface area contributed by atoms with E-state index in [0.717, 1.165) is 6.07 Å². The van der Waals surface area contributed by atoms with Crippen molar-refractivity contribution in [3.8, 4) is 5.75 Å². The lowest BCUT2D eigenvalue weighted by Gasteiger charge is -2.23. The van der Waals surface area contributed by atoms with Gasteiger partial charge in [0, 0.05) is 11.6 Å². The molecular weight excluding hydrogens is 209 g/mol. The van der Waals surface area contributed by atoms with Crippen molar-refractivity contribution in [2.24, 2.45) is 5.73 Å². The number of aromatic hydroxyl groups is 1. The van der Waals surface area contributed by atoms with Crippen LogP contribution in [0.15, 0.2) is 12.1 Å². The van der Waals surface area contributed by atoms with Crippen LogP contribution in [0.2, 0.25) is 5.02 Å². The second kappa shape index (κ2) is 3.73. The Morgan fingerprint density at radius 3 is 2.64 bits per heavy atom. The summed E-state index contributed by atoms with van der Waals surface area (Å²) in [6.07, 6.45) is 0. The molecule has 0 unspecified atom stereocenters. The van der Waals surface area contributed by atoms with E-state index in [1.54, 1.807) is 0 Å². The summed E-state index contributed by atoms with van der Waals surface area (Å²) in [4.78, 5) is 0. The van der Waals surface area contributed by atoms with Gasteiger partial charge in [-0.2, -0.15) is 0 Å². The highest BCUT2D eigenvalue weighted by Crippen LogP contribution is 2.31. The van der Waals surface area contributed by atoms with Crippen molar-refractivity contribution in [1.82, 2.24) is 0 Å². The molecule has 0 aliphatic heterocycles. The first-order valence-electron chi connectivity index (χ1n) is 3.96. The quantitative estimate of drug-likeness (QED) is 0.704. The molecule has 5 heteroatoms. The predicted molar refractivity (Wildman–Crippen MR) is 51.7 cm³/mol. The Bertz CT molecular complexity index is 355. The maximum Gasteiger partial charge on any atom is 0.145 e. The number of hydrogen-bond donors (Lipinski definition) is 3. The Morgan fingerprint density at radius 2 is 2.14 bits per heavy atom. The molecule has 0 heterocycles. The van der Waals surface area contributed by atoms with E-state index in [2.05, 4.69) is 0 Å². The lowest BCUT2D eigenvalue weighted by atomic mass is 9.93. The van der Waals surface area contributed by atoms with Gasteiger partial charge < -0.3 is 15.9 Å². The van der Waals surface area contributed by atoms with Gasteiger partial charge in [0.15, 0.2) is 0 Å².